The Balaban J connectivity index is 1.19. The maximum Gasteiger partial charge on any atom is 0.313 e. The highest BCUT2D eigenvalue weighted by Gasteiger charge is 2.94. The number of carbonyl (C=O) groups is 2. The Kier molecular flexibility index (Phi) is 3.62. The Hall–Kier alpha value is -1.70. The first-order chi connectivity index (χ1) is 17.5. The summed E-state index contributed by atoms with van der Waals surface area (Å²) < 4.78 is 32.1. The summed E-state index contributed by atoms with van der Waals surface area (Å²) in [7, 11) is 0. The third-order valence-electron chi connectivity index (χ3n) is 12.9. The maximum atomic E-state index is 14.4. The number of ether oxygens (including phenoxy) is 5. The van der Waals surface area contributed by atoms with Crippen LogP contribution >= 0.6 is 0 Å². The fourth-order valence-electron chi connectivity index (χ4n) is 11.5. The molecule has 198 valence electrons. The highest BCUT2D eigenvalue weighted by atomic mass is 16.8. The molecule has 9 rings (SSSR count). The van der Waals surface area contributed by atoms with Crippen LogP contribution in [-0.4, -0.2) is 53.8 Å². The molecule has 0 radical (unpaired) electrons. The summed E-state index contributed by atoms with van der Waals surface area (Å²) in [6.07, 6.45) is 11.4. The Morgan fingerprint density at radius 2 is 1.89 bits per heavy atom. The van der Waals surface area contributed by atoms with Gasteiger partial charge in [0, 0.05) is 35.5 Å². The predicted octanol–water partition coefficient (Wildman–Crippen LogP) is 3.85. The first-order valence-corrected chi connectivity index (χ1v) is 14.4. The van der Waals surface area contributed by atoms with Crippen molar-refractivity contribution in [2.75, 3.05) is 6.61 Å². The lowest BCUT2D eigenvalue weighted by Crippen LogP contribution is -2.54. The van der Waals surface area contributed by atoms with E-state index in [1.54, 1.807) is 0 Å². The van der Waals surface area contributed by atoms with Crippen LogP contribution < -0.4 is 0 Å². The molecule has 0 N–H and O–H groups in total. The Labute approximate surface area is 217 Å². The molecule has 0 aromatic heterocycles. The second-order valence-electron chi connectivity index (χ2n) is 14.3. The van der Waals surface area contributed by atoms with E-state index in [-0.39, 0.29) is 59.3 Å². The van der Waals surface area contributed by atoms with Crippen molar-refractivity contribution >= 4 is 11.9 Å². The zero-order valence-corrected chi connectivity index (χ0v) is 22.1. The van der Waals surface area contributed by atoms with E-state index in [9.17, 15) is 9.59 Å². The zero-order chi connectivity index (χ0) is 25.4. The van der Waals surface area contributed by atoms with E-state index in [0.29, 0.717) is 13.0 Å². The SMILES string of the molecule is CC1C(=O)OC2CC(C)C34C=CC(C)(CC35C(=O)OC3CC67COC(C)(CCC6=CCC35)O7)C43OC3C21. The van der Waals surface area contributed by atoms with E-state index in [0.717, 1.165) is 32.1 Å². The first kappa shape index (κ1) is 22.2. The molecule has 0 amide bonds. The number of esters is 2. The van der Waals surface area contributed by atoms with Crippen molar-refractivity contribution in [2.24, 2.45) is 39.9 Å². The highest BCUT2D eigenvalue weighted by Crippen LogP contribution is 2.87. The van der Waals surface area contributed by atoms with E-state index >= 15 is 0 Å². The van der Waals surface area contributed by atoms with Gasteiger partial charge in [0.15, 0.2) is 5.79 Å². The van der Waals surface area contributed by atoms with Crippen molar-refractivity contribution in [2.45, 2.75) is 102 Å². The minimum atomic E-state index is -0.662. The van der Waals surface area contributed by atoms with Gasteiger partial charge in [-0.1, -0.05) is 39.0 Å². The van der Waals surface area contributed by atoms with Crippen molar-refractivity contribution in [1.29, 1.82) is 0 Å². The van der Waals surface area contributed by atoms with Gasteiger partial charge in [-0.15, -0.1) is 0 Å². The van der Waals surface area contributed by atoms with Crippen LogP contribution in [0.3, 0.4) is 0 Å². The van der Waals surface area contributed by atoms with E-state index in [4.69, 9.17) is 23.7 Å². The summed E-state index contributed by atoms with van der Waals surface area (Å²) in [6, 6.07) is 0. The van der Waals surface area contributed by atoms with Crippen LogP contribution in [-0.2, 0) is 33.3 Å². The Morgan fingerprint density at radius 1 is 1.05 bits per heavy atom. The third-order valence-corrected chi connectivity index (χ3v) is 12.9. The summed E-state index contributed by atoms with van der Waals surface area (Å²) in [5.74, 6) is -0.679. The average Bonchev–Trinajstić information content (AvgIpc) is 3.26. The second kappa shape index (κ2) is 6.05. The molecule has 7 fully saturated rings. The fraction of sp³-hybridized carbons (Fsp3) is 0.800. The number of epoxide rings is 1. The Bertz CT molecular complexity index is 1240. The van der Waals surface area contributed by atoms with E-state index < -0.39 is 27.8 Å². The van der Waals surface area contributed by atoms with Crippen molar-refractivity contribution < 1.29 is 33.3 Å². The minimum absolute atomic E-state index is 0.0409. The molecule has 13 unspecified atom stereocenters. The van der Waals surface area contributed by atoms with Gasteiger partial charge in [-0.25, -0.2) is 0 Å². The molecule has 2 saturated carbocycles. The van der Waals surface area contributed by atoms with Crippen LogP contribution in [0.15, 0.2) is 23.8 Å². The summed E-state index contributed by atoms with van der Waals surface area (Å²) in [4.78, 5) is 27.0. The smallest absolute Gasteiger partial charge is 0.313 e. The van der Waals surface area contributed by atoms with Crippen LogP contribution in [0.1, 0.15) is 66.2 Å². The molecule has 13 atom stereocenters. The minimum Gasteiger partial charge on any atom is -0.462 e. The van der Waals surface area contributed by atoms with Crippen molar-refractivity contribution in [1.82, 2.24) is 0 Å². The van der Waals surface area contributed by atoms with Crippen LogP contribution in [0, 0.1) is 39.9 Å². The number of hydrogen-bond acceptors (Lipinski definition) is 7. The quantitative estimate of drug-likeness (QED) is 0.279. The van der Waals surface area contributed by atoms with Gasteiger partial charge in [-0.2, -0.15) is 0 Å². The lowest BCUT2D eigenvalue weighted by molar-refractivity contribution is -0.190. The molecule has 3 spiro atoms. The predicted molar refractivity (Wildman–Crippen MR) is 129 cm³/mol. The third kappa shape index (κ3) is 2.04. The normalized spacial score (nSPS) is 63.6. The molecule has 0 aromatic carbocycles. The molecule has 37 heavy (non-hydrogen) atoms. The molecule has 9 aliphatic rings. The zero-order valence-electron chi connectivity index (χ0n) is 22.1. The maximum absolute atomic E-state index is 14.4. The molecule has 5 heterocycles. The molecular weight excluding hydrogens is 472 g/mol. The summed E-state index contributed by atoms with van der Waals surface area (Å²) >= 11 is 0. The number of allylic oxidation sites excluding steroid dienone is 1. The largest absolute Gasteiger partial charge is 0.462 e. The molecule has 0 aromatic rings. The summed E-state index contributed by atoms with van der Waals surface area (Å²) in [5, 5.41) is 0. The van der Waals surface area contributed by atoms with E-state index in [1.807, 2.05) is 13.8 Å². The van der Waals surface area contributed by atoms with Gasteiger partial charge < -0.3 is 23.7 Å². The van der Waals surface area contributed by atoms with Gasteiger partial charge in [0.25, 0.3) is 0 Å². The van der Waals surface area contributed by atoms with E-state index in [1.165, 1.54) is 5.57 Å². The van der Waals surface area contributed by atoms with Gasteiger partial charge in [-0.3, -0.25) is 9.59 Å². The van der Waals surface area contributed by atoms with Gasteiger partial charge in [-0.05, 0) is 44.1 Å². The molecule has 4 bridgehead atoms. The number of rotatable bonds is 0. The van der Waals surface area contributed by atoms with Crippen LogP contribution in [0.2, 0.25) is 0 Å². The number of fused-ring (bicyclic) bond motifs is 5. The molecule has 7 nitrogen and oxygen atoms in total. The van der Waals surface area contributed by atoms with E-state index in [2.05, 4.69) is 32.1 Å². The molecular formula is C30H36O7. The number of carbonyl (C=O) groups excluding carboxylic acids is 2. The fourth-order valence-corrected chi connectivity index (χ4v) is 11.5. The topological polar surface area (TPSA) is 83.6 Å². The van der Waals surface area contributed by atoms with Gasteiger partial charge in [0.05, 0.1) is 24.0 Å². The summed E-state index contributed by atoms with van der Waals surface area (Å²) in [5.41, 5.74) is -1.06. The van der Waals surface area contributed by atoms with Crippen LogP contribution in [0.4, 0.5) is 0 Å². The number of hydrogen-bond donors (Lipinski definition) is 0. The van der Waals surface area contributed by atoms with Gasteiger partial charge >= 0.3 is 11.9 Å². The average molecular weight is 509 g/mol. The van der Waals surface area contributed by atoms with Crippen LogP contribution in [0.25, 0.3) is 0 Å². The molecule has 5 aliphatic heterocycles. The second-order valence-corrected chi connectivity index (χ2v) is 14.3. The lowest BCUT2D eigenvalue weighted by Gasteiger charge is -2.48. The molecule has 4 aliphatic carbocycles. The van der Waals surface area contributed by atoms with Crippen molar-refractivity contribution in [3.05, 3.63) is 23.8 Å². The highest BCUT2D eigenvalue weighted by molar-refractivity contribution is 5.85. The van der Waals surface area contributed by atoms with Crippen molar-refractivity contribution in [3.63, 3.8) is 0 Å². The molecule has 5 saturated heterocycles. The monoisotopic (exact) mass is 508 g/mol. The molecule has 7 heteroatoms. The summed E-state index contributed by atoms with van der Waals surface area (Å²) in [6.45, 7) is 9.10. The first-order valence-electron chi connectivity index (χ1n) is 14.4. The standard InChI is InChI=1S/C30H36O7/c1-15-11-19-21(16(2)23(31)34-19)22-30(36-22)25(3)9-10-29(15,30)28(13-25)18-6-5-17-7-8-26(4)33-14-27(17,37-26)12-20(18)35-24(28)32/h5,9-10,15-16,18-22H,6-8,11-14H2,1-4H3. The van der Waals surface area contributed by atoms with Gasteiger partial charge in [0.2, 0.25) is 0 Å². The van der Waals surface area contributed by atoms with Gasteiger partial charge in [0.1, 0.15) is 23.4 Å². The van der Waals surface area contributed by atoms with Crippen molar-refractivity contribution in [3.8, 4) is 0 Å². The van der Waals surface area contributed by atoms with Crippen LogP contribution in [0.5, 0.6) is 0 Å². The lowest BCUT2D eigenvalue weighted by atomic mass is 9.51. The Morgan fingerprint density at radius 3 is 2.73 bits per heavy atom.